The highest BCUT2D eigenvalue weighted by molar-refractivity contribution is 7.98. The van der Waals surface area contributed by atoms with Gasteiger partial charge in [0.05, 0.1) is 16.4 Å². The van der Waals surface area contributed by atoms with Crippen LogP contribution in [0.3, 0.4) is 0 Å². The van der Waals surface area contributed by atoms with Gasteiger partial charge < -0.3 is 9.84 Å². The molecule has 0 aromatic carbocycles. The van der Waals surface area contributed by atoms with Crippen LogP contribution in [0.1, 0.15) is 11.4 Å². The standard InChI is InChI=1S/C10H11ClN4OS/c1-6-4-16-10(13-6)17-5-8-7(11)2-3-9(14-8)15-12/h2-4H,5,12H2,1H3,(H,14,15). The Morgan fingerprint density at radius 2 is 2.29 bits per heavy atom. The monoisotopic (exact) mass is 270 g/mol. The van der Waals surface area contributed by atoms with Crippen molar-refractivity contribution in [2.45, 2.75) is 17.9 Å². The molecule has 2 rings (SSSR count). The first-order valence-corrected chi connectivity index (χ1v) is 6.22. The summed E-state index contributed by atoms with van der Waals surface area (Å²) in [5.41, 5.74) is 4.07. The van der Waals surface area contributed by atoms with E-state index < -0.39 is 0 Å². The maximum Gasteiger partial charge on any atom is 0.256 e. The molecule has 0 fully saturated rings. The van der Waals surface area contributed by atoms with Crippen molar-refractivity contribution >= 4 is 29.2 Å². The molecule has 5 nitrogen and oxygen atoms in total. The molecular weight excluding hydrogens is 260 g/mol. The van der Waals surface area contributed by atoms with Gasteiger partial charge in [0.1, 0.15) is 12.1 Å². The maximum atomic E-state index is 6.03. The first kappa shape index (κ1) is 12.2. The summed E-state index contributed by atoms with van der Waals surface area (Å²) >= 11 is 7.46. The molecule has 0 unspecified atom stereocenters. The number of aryl methyl sites for hydroxylation is 1. The molecule has 0 spiro atoms. The van der Waals surface area contributed by atoms with Gasteiger partial charge in [-0.25, -0.2) is 15.8 Å². The van der Waals surface area contributed by atoms with Gasteiger partial charge in [0.2, 0.25) is 0 Å². The van der Waals surface area contributed by atoms with E-state index in [-0.39, 0.29) is 0 Å². The number of nitrogens with one attached hydrogen (secondary N) is 1. The van der Waals surface area contributed by atoms with E-state index in [4.69, 9.17) is 21.9 Å². The summed E-state index contributed by atoms with van der Waals surface area (Å²) in [4.78, 5) is 8.44. The summed E-state index contributed by atoms with van der Waals surface area (Å²) in [6, 6.07) is 3.46. The summed E-state index contributed by atoms with van der Waals surface area (Å²) in [6.45, 7) is 1.87. The number of nitrogens with zero attached hydrogens (tertiary/aromatic N) is 2. The summed E-state index contributed by atoms with van der Waals surface area (Å²) in [7, 11) is 0. The molecule has 2 heterocycles. The summed E-state index contributed by atoms with van der Waals surface area (Å²) in [5, 5.41) is 1.20. The van der Waals surface area contributed by atoms with E-state index >= 15 is 0 Å². The Labute approximate surface area is 108 Å². The largest absolute Gasteiger partial charge is 0.440 e. The first-order chi connectivity index (χ1) is 8.19. The normalized spacial score (nSPS) is 10.5. The summed E-state index contributed by atoms with van der Waals surface area (Å²) in [5.74, 6) is 6.44. The van der Waals surface area contributed by atoms with Crippen molar-refractivity contribution in [2.24, 2.45) is 5.84 Å². The highest BCUT2D eigenvalue weighted by Gasteiger charge is 2.07. The van der Waals surface area contributed by atoms with Gasteiger partial charge in [-0.1, -0.05) is 23.4 Å². The molecule has 7 heteroatoms. The fourth-order valence-electron chi connectivity index (χ4n) is 1.19. The number of rotatable bonds is 4. The molecule has 0 atom stereocenters. The molecule has 90 valence electrons. The highest BCUT2D eigenvalue weighted by atomic mass is 35.5. The van der Waals surface area contributed by atoms with Crippen molar-refractivity contribution < 1.29 is 4.42 Å². The summed E-state index contributed by atoms with van der Waals surface area (Å²) < 4.78 is 5.22. The van der Waals surface area contributed by atoms with E-state index in [9.17, 15) is 0 Å². The molecule has 0 aliphatic heterocycles. The molecule has 0 saturated carbocycles. The number of hydrazine groups is 1. The second-order valence-corrected chi connectivity index (χ2v) is 4.65. The van der Waals surface area contributed by atoms with Crippen molar-refractivity contribution in [2.75, 3.05) is 5.43 Å². The van der Waals surface area contributed by atoms with Crippen LogP contribution in [-0.4, -0.2) is 9.97 Å². The van der Waals surface area contributed by atoms with E-state index in [2.05, 4.69) is 15.4 Å². The minimum atomic E-state index is 0.577. The fraction of sp³-hybridized carbons (Fsp3) is 0.200. The van der Waals surface area contributed by atoms with Crippen LogP contribution in [0.2, 0.25) is 5.02 Å². The number of hydrogen-bond donors (Lipinski definition) is 2. The smallest absolute Gasteiger partial charge is 0.256 e. The van der Waals surface area contributed by atoms with Crippen LogP contribution in [0, 0.1) is 6.92 Å². The van der Waals surface area contributed by atoms with Crippen LogP contribution in [0.15, 0.2) is 28.0 Å². The van der Waals surface area contributed by atoms with E-state index in [1.165, 1.54) is 11.8 Å². The molecule has 2 aromatic heterocycles. The van der Waals surface area contributed by atoms with Gasteiger partial charge in [0.25, 0.3) is 5.22 Å². The molecule has 0 bridgehead atoms. The molecule has 0 radical (unpaired) electrons. The number of anilines is 1. The zero-order valence-corrected chi connectivity index (χ0v) is 10.7. The van der Waals surface area contributed by atoms with E-state index in [0.29, 0.717) is 21.8 Å². The lowest BCUT2D eigenvalue weighted by Crippen LogP contribution is -2.09. The first-order valence-electron chi connectivity index (χ1n) is 4.86. The molecule has 0 aliphatic carbocycles. The van der Waals surface area contributed by atoms with Crippen molar-refractivity contribution in [3.8, 4) is 0 Å². The second-order valence-electron chi connectivity index (χ2n) is 3.31. The predicted octanol–water partition coefficient (Wildman–Crippen LogP) is 2.61. The Bertz CT molecular complexity index is 517. The number of nitrogen functional groups attached to an aromatic ring is 1. The molecule has 0 aliphatic rings. The minimum absolute atomic E-state index is 0.577. The molecule has 0 saturated heterocycles. The molecule has 2 aromatic rings. The maximum absolute atomic E-state index is 6.03. The van der Waals surface area contributed by atoms with Crippen molar-refractivity contribution in [3.63, 3.8) is 0 Å². The predicted molar refractivity (Wildman–Crippen MR) is 67.9 cm³/mol. The highest BCUT2D eigenvalue weighted by Crippen LogP contribution is 2.25. The summed E-state index contributed by atoms with van der Waals surface area (Å²) in [6.07, 6.45) is 1.61. The zero-order valence-electron chi connectivity index (χ0n) is 9.11. The third kappa shape index (κ3) is 3.12. The topological polar surface area (TPSA) is 77.0 Å². The van der Waals surface area contributed by atoms with Crippen LogP contribution in [0.25, 0.3) is 0 Å². The number of halogens is 1. The van der Waals surface area contributed by atoms with E-state index in [0.717, 1.165) is 11.4 Å². The lowest BCUT2D eigenvalue weighted by atomic mass is 10.4. The quantitative estimate of drug-likeness (QED) is 0.505. The SMILES string of the molecule is Cc1coc(SCc2nc(NN)ccc2Cl)n1. The average molecular weight is 271 g/mol. The van der Waals surface area contributed by atoms with Gasteiger partial charge in [0.15, 0.2) is 0 Å². The van der Waals surface area contributed by atoms with E-state index in [1.807, 2.05) is 6.92 Å². The number of nitrogens with two attached hydrogens (primary N) is 1. The number of pyridine rings is 1. The lowest BCUT2D eigenvalue weighted by molar-refractivity contribution is 0.454. The third-order valence-electron chi connectivity index (χ3n) is 2.00. The Kier molecular flexibility index (Phi) is 3.88. The van der Waals surface area contributed by atoms with Crippen LogP contribution < -0.4 is 11.3 Å². The number of aromatic nitrogens is 2. The van der Waals surface area contributed by atoms with Crippen LogP contribution in [0.4, 0.5) is 5.82 Å². The fourth-order valence-corrected chi connectivity index (χ4v) is 2.25. The lowest BCUT2D eigenvalue weighted by Gasteiger charge is -2.04. The average Bonchev–Trinajstić information content (AvgIpc) is 2.74. The zero-order chi connectivity index (χ0) is 12.3. The Morgan fingerprint density at radius 3 is 2.94 bits per heavy atom. The van der Waals surface area contributed by atoms with Gasteiger partial charge in [-0.2, -0.15) is 0 Å². The van der Waals surface area contributed by atoms with Gasteiger partial charge in [0, 0.05) is 5.75 Å². The van der Waals surface area contributed by atoms with Crippen molar-refractivity contribution in [1.82, 2.24) is 9.97 Å². The third-order valence-corrected chi connectivity index (χ3v) is 3.19. The van der Waals surface area contributed by atoms with E-state index in [1.54, 1.807) is 18.4 Å². The van der Waals surface area contributed by atoms with Gasteiger partial charge in [-0.05, 0) is 19.1 Å². The molecule has 17 heavy (non-hydrogen) atoms. The van der Waals surface area contributed by atoms with Crippen LogP contribution in [-0.2, 0) is 5.75 Å². The molecular formula is C10H11ClN4OS. The Morgan fingerprint density at radius 1 is 1.47 bits per heavy atom. The van der Waals surface area contributed by atoms with Crippen LogP contribution >= 0.6 is 23.4 Å². The molecule has 0 amide bonds. The Balaban J connectivity index is 2.07. The Hall–Kier alpha value is -1.24. The molecule has 3 N–H and O–H groups in total. The second kappa shape index (κ2) is 5.39. The van der Waals surface area contributed by atoms with Gasteiger partial charge >= 0.3 is 0 Å². The van der Waals surface area contributed by atoms with Crippen molar-refractivity contribution in [1.29, 1.82) is 0 Å². The number of hydrogen-bond acceptors (Lipinski definition) is 6. The number of thioether (sulfide) groups is 1. The van der Waals surface area contributed by atoms with Crippen molar-refractivity contribution in [3.05, 3.63) is 34.8 Å². The van der Waals surface area contributed by atoms with Gasteiger partial charge in [-0.15, -0.1) is 0 Å². The number of oxazole rings is 1. The van der Waals surface area contributed by atoms with Gasteiger partial charge in [-0.3, -0.25) is 0 Å². The minimum Gasteiger partial charge on any atom is -0.440 e. The van der Waals surface area contributed by atoms with Crippen LogP contribution in [0.5, 0.6) is 0 Å².